The first kappa shape index (κ1) is 15.4. The quantitative estimate of drug-likeness (QED) is 0.765. The summed E-state index contributed by atoms with van der Waals surface area (Å²) in [6.07, 6.45) is 0. The van der Waals surface area contributed by atoms with E-state index in [2.05, 4.69) is 10.4 Å². The number of carbonyl (C=O) groups excluding carboxylic acids is 1. The number of aromatic nitrogens is 2. The predicted molar refractivity (Wildman–Crippen MR) is 85.1 cm³/mol. The number of nitrogens with two attached hydrogens (primary N) is 1. The van der Waals surface area contributed by atoms with Gasteiger partial charge < -0.3 is 11.1 Å². The van der Waals surface area contributed by atoms with E-state index in [0.717, 1.165) is 8.25 Å². The maximum atomic E-state index is 13.9. The summed E-state index contributed by atoms with van der Waals surface area (Å²) in [4.78, 5) is 23.4. The second-order valence-corrected chi connectivity index (χ2v) is 5.64. The number of carbonyl (C=O) groups is 1. The van der Waals surface area contributed by atoms with Crippen LogP contribution < -0.4 is 16.6 Å². The van der Waals surface area contributed by atoms with Crippen molar-refractivity contribution in [1.29, 1.82) is 0 Å². The van der Waals surface area contributed by atoms with Gasteiger partial charge in [-0.3, -0.25) is 9.59 Å². The molecule has 3 N–H and O–H groups in total. The minimum atomic E-state index is -0.804. The molecule has 0 atom stereocenters. The average molecular weight is 402 g/mol. The Morgan fingerprint density at radius 1 is 1.48 bits per heavy atom. The zero-order valence-electron chi connectivity index (χ0n) is 11.3. The van der Waals surface area contributed by atoms with Gasteiger partial charge in [-0.1, -0.05) is 0 Å². The molecular weight excluding hydrogens is 390 g/mol. The molecule has 0 unspecified atom stereocenters. The number of hydrogen-bond donors (Lipinski definition) is 2. The van der Waals surface area contributed by atoms with Crippen molar-refractivity contribution in [3.05, 3.63) is 49.2 Å². The molecular formula is C13H12FIN4O2. The molecule has 0 saturated heterocycles. The highest BCUT2D eigenvalue weighted by molar-refractivity contribution is 14.1. The lowest BCUT2D eigenvalue weighted by Crippen LogP contribution is -2.28. The number of primary amides is 1. The lowest BCUT2D eigenvalue weighted by molar-refractivity contribution is 0.0994. The molecule has 0 spiro atoms. The Labute approximate surface area is 133 Å². The van der Waals surface area contributed by atoms with Crippen molar-refractivity contribution in [2.75, 3.05) is 5.32 Å². The number of aryl methyl sites for hydroxylation is 1. The van der Waals surface area contributed by atoms with E-state index >= 15 is 0 Å². The number of nitrogens with zero attached hydrogens (tertiary/aromatic N) is 2. The molecule has 0 bridgehead atoms. The molecule has 21 heavy (non-hydrogen) atoms. The van der Waals surface area contributed by atoms with Crippen molar-refractivity contribution >= 4 is 39.9 Å². The van der Waals surface area contributed by atoms with Crippen molar-refractivity contribution in [3.63, 3.8) is 0 Å². The van der Waals surface area contributed by atoms with Crippen LogP contribution in [0.3, 0.4) is 0 Å². The first-order chi connectivity index (χ1) is 9.81. The molecule has 1 aromatic heterocycles. The smallest absolute Gasteiger partial charge is 0.271 e. The number of hydrogen-bond acceptors (Lipinski definition) is 4. The maximum Gasteiger partial charge on any atom is 0.271 e. The van der Waals surface area contributed by atoms with E-state index in [1.807, 2.05) is 22.6 Å². The second kappa shape index (κ2) is 5.80. The third-order valence-corrected chi connectivity index (χ3v) is 3.57. The van der Waals surface area contributed by atoms with Crippen molar-refractivity contribution < 1.29 is 9.18 Å². The summed E-state index contributed by atoms with van der Waals surface area (Å²) in [5.41, 5.74) is 5.24. The Morgan fingerprint density at radius 3 is 2.71 bits per heavy atom. The van der Waals surface area contributed by atoms with E-state index in [1.54, 1.807) is 6.07 Å². The maximum absolute atomic E-state index is 13.9. The molecule has 1 amide bonds. The van der Waals surface area contributed by atoms with Crippen molar-refractivity contribution in [2.45, 2.75) is 6.92 Å². The van der Waals surface area contributed by atoms with Crippen LogP contribution in [0.4, 0.5) is 15.8 Å². The Morgan fingerprint density at radius 2 is 2.14 bits per heavy atom. The second-order valence-electron chi connectivity index (χ2n) is 4.39. The Kier molecular flexibility index (Phi) is 4.26. The van der Waals surface area contributed by atoms with Gasteiger partial charge in [-0.25, -0.2) is 9.07 Å². The van der Waals surface area contributed by atoms with Gasteiger partial charge >= 0.3 is 0 Å². The molecule has 2 aromatic rings. The monoisotopic (exact) mass is 402 g/mol. The summed E-state index contributed by atoms with van der Waals surface area (Å²) >= 11 is 1.98. The Bertz CT molecular complexity index is 788. The van der Waals surface area contributed by atoms with Crippen LogP contribution in [0.25, 0.3) is 0 Å². The fourth-order valence-electron chi connectivity index (χ4n) is 1.82. The molecule has 8 heteroatoms. The molecule has 0 aliphatic heterocycles. The number of benzene rings is 1. The van der Waals surface area contributed by atoms with Crippen LogP contribution in [0.5, 0.6) is 0 Å². The van der Waals surface area contributed by atoms with Crippen molar-refractivity contribution in [1.82, 2.24) is 9.78 Å². The molecule has 0 saturated carbocycles. The molecule has 1 heterocycles. The summed E-state index contributed by atoms with van der Waals surface area (Å²) in [6.45, 7) is 1.52. The highest BCUT2D eigenvalue weighted by Crippen LogP contribution is 2.24. The van der Waals surface area contributed by atoms with Crippen LogP contribution in [-0.2, 0) is 7.05 Å². The molecule has 0 fully saturated rings. The van der Waals surface area contributed by atoms with Crippen LogP contribution in [0.15, 0.2) is 23.0 Å². The van der Waals surface area contributed by atoms with Gasteiger partial charge in [0.1, 0.15) is 5.82 Å². The lowest BCUT2D eigenvalue weighted by atomic mass is 10.2. The summed E-state index contributed by atoms with van der Waals surface area (Å²) < 4.78 is 15.6. The van der Waals surface area contributed by atoms with Crippen LogP contribution >= 0.6 is 22.6 Å². The minimum absolute atomic E-state index is 0.116. The molecule has 0 aliphatic carbocycles. The van der Waals surface area contributed by atoms with Gasteiger partial charge in [-0.15, -0.1) is 0 Å². The average Bonchev–Trinajstić information content (AvgIpc) is 2.41. The topological polar surface area (TPSA) is 90.0 Å². The Balaban J connectivity index is 2.60. The Hall–Kier alpha value is -1.97. The van der Waals surface area contributed by atoms with Gasteiger partial charge in [-0.05, 0) is 47.7 Å². The first-order valence-electron chi connectivity index (χ1n) is 5.91. The van der Waals surface area contributed by atoms with E-state index in [4.69, 9.17) is 5.73 Å². The highest BCUT2D eigenvalue weighted by Gasteiger charge is 2.18. The van der Waals surface area contributed by atoms with E-state index in [1.165, 1.54) is 26.1 Å². The van der Waals surface area contributed by atoms with Gasteiger partial charge in [0, 0.05) is 16.2 Å². The van der Waals surface area contributed by atoms with Crippen LogP contribution in [-0.4, -0.2) is 15.7 Å². The van der Waals surface area contributed by atoms with Crippen molar-refractivity contribution in [3.8, 4) is 0 Å². The van der Waals surface area contributed by atoms with Gasteiger partial charge in [0.2, 0.25) is 0 Å². The molecule has 1 aromatic carbocycles. The van der Waals surface area contributed by atoms with E-state index < -0.39 is 17.3 Å². The normalized spacial score (nSPS) is 10.5. The first-order valence-corrected chi connectivity index (χ1v) is 6.99. The van der Waals surface area contributed by atoms with E-state index in [9.17, 15) is 14.0 Å². The number of rotatable bonds is 3. The van der Waals surface area contributed by atoms with Gasteiger partial charge in [0.25, 0.3) is 11.5 Å². The van der Waals surface area contributed by atoms with Crippen LogP contribution in [0.2, 0.25) is 0 Å². The zero-order chi connectivity index (χ0) is 15.7. The third-order valence-electron chi connectivity index (χ3n) is 2.90. The number of amides is 1. The van der Waals surface area contributed by atoms with E-state index in [-0.39, 0.29) is 22.6 Å². The number of anilines is 2. The molecule has 0 radical (unpaired) electrons. The van der Waals surface area contributed by atoms with E-state index in [0.29, 0.717) is 0 Å². The molecule has 2 rings (SSSR count). The summed E-state index contributed by atoms with van der Waals surface area (Å²) in [7, 11) is 1.41. The molecule has 110 valence electrons. The van der Waals surface area contributed by atoms with Gasteiger partial charge in [0.15, 0.2) is 5.69 Å². The van der Waals surface area contributed by atoms with Crippen LogP contribution in [0.1, 0.15) is 16.1 Å². The van der Waals surface area contributed by atoms with Crippen molar-refractivity contribution in [2.24, 2.45) is 12.8 Å². The minimum Gasteiger partial charge on any atom is -0.364 e. The zero-order valence-corrected chi connectivity index (χ0v) is 13.4. The SMILES string of the molecule is Cc1c(Nc2ccc(I)cc2F)c(C(N)=O)nn(C)c1=O. The molecule has 0 aliphatic rings. The lowest BCUT2D eigenvalue weighted by Gasteiger charge is -2.14. The standard InChI is InChI=1S/C13H12FIN4O2/c1-6-10(11(12(16)20)18-19(2)13(6)21)17-9-4-3-7(15)5-8(9)14/h3-5,17H,1-2H3,(H2,16,20). The number of nitrogens with one attached hydrogen (secondary N) is 1. The largest absolute Gasteiger partial charge is 0.364 e. The highest BCUT2D eigenvalue weighted by atomic mass is 127. The fraction of sp³-hybridized carbons (Fsp3) is 0.154. The fourth-order valence-corrected chi connectivity index (χ4v) is 2.28. The summed E-state index contributed by atoms with van der Waals surface area (Å²) in [5, 5.41) is 6.55. The third kappa shape index (κ3) is 3.04. The summed E-state index contributed by atoms with van der Waals surface area (Å²) in [5.74, 6) is -1.31. The summed E-state index contributed by atoms with van der Waals surface area (Å²) in [6, 6.07) is 4.54. The number of halogens is 2. The van der Waals surface area contributed by atoms with Gasteiger partial charge in [0.05, 0.1) is 11.4 Å². The van der Waals surface area contributed by atoms with Gasteiger partial charge in [-0.2, -0.15) is 5.10 Å². The van der Waals surface area contributed by atoms with Crippen LogP contribution in [0, 0.1) is 16.3 Å². The predicted octanol–water partition coefficient (Wildman–Crippen LogP) is 1.67. The molecule has 6 nitrogen and oxygen atoms in total.